The van der Waals surface area contributed by atoms with Crippen LogP contribution in [-0.2, 0) is 14.3 Å². The number of rotatable bonds is 4. The number of amides is 2. The Morgan fingerprint density at radius 3 is 2.88 bits per heavy atom. The second-order valence-corrected chi connectivity index (χ2v) is 6.47. The van der Waals surface area contributed by atoms with Gasteiger partial charge in [-0.05, 0) is 18.2 Å². The maximum Gasteiger partial charge on any atom is 0.308 e. The molecule has 26 heavy (non-hydrogen) atoms. The Bertz CT molecular complexity index is 858. The van der Waals surface area contributed by atoms with Gasteiger partial charge in [-0.15, -0.1) is 0 Å². The summed E-state index contributed by atoms with van der Waals surface area (Å²) >= 11 is 0. The number of ether oxygens (including phenoxy) is 1. The molecular formula is C18H21N3O5. The number of carbonyl (C=O) groups is 3. The molecule has 1 fully saturated rings. The SMILES string of the molecule is COC(=O)C[C@@H]1C(=O)NCCN1C(=O)c1ccc2oc(C(C)C)nc2c1. The van der Waals surface area contributed by atoms with Gasteiger partial charge in [0.05, 0.1) is 13.5 Å². The lowest BCUT2D eigenvalue weighted by Crippen LogP contribution is -2.57. The van der Waals surface area contributed by atoms with Crippen LogP contribution in [0.25, 0.3) is 11.1 Å². The molecule has 1 aromatic heterocycles. The summed E-state index contributed by atoms with van der Waals surface area (Å²) in [5.74, 6) is -0.495. The van der Waals surface area contributed by atoms with E-state index in [-0.39, 0.29) is 24.2 Å². The normalized spacial score (nSPS) is 17.5. The van der Waals surface area contributed by atoms with Crippen LogP contribution in [0.2, 0.25) is 0 Å². The fourth-order valence-electron chi connectivity index (χ4n) is 2.89. The third kappa shape index (κ3) is 3.40. The predicted molar refractivity (Wildman–Crippen MR) is 92.6 cm³/mol. The summed E-state index contributed by atoms with van der Waals surface area (Å²) in [4.78, 5) is 42.5. The molecule has 1 aromatic carbocycles. The first-order valence-electron chi connectivity index (χ1n) is 8.46. The lowest BCUT2D eigenvalue weighted by atomic mass is 10.1. The van der Waals surface area contributed by atoms with Gasteiger partial charge in [0.2, 0.25) is 5.91 Å². The molecule has 3 rings (SSSR count). The molecule has 0 saturated carbocycles. The summed E-state index contributed by atoms with van der Waals surface area (Å²) < 4.78 is 10.3. The van der Waals surface area contributed by atoms with E-state index in [2.05, 4.69) is 15.0 Å². The number of aromatic nitrogens is 1. The number of esters is 1. The molecule has 0 aliphatic carbocycles. The van der Waals surface area contributed by atoms with E-state index in [4.69, 9.17) is 4.42 Å². The van der Waals surface area contributed by atoms with Gasteiger partial charge in [0.15, 0.2) is 11.5 Å². The molecule has 0 spiro atoms. The molecule has 138 valence electrons. The van der Waals surface area contributed by atoms with Crippen LogP contribution in [0.15, 0.2) is 22.6 Å². The van der Waals surface area contributed by atoms with Crippen molar-refractivity contribution < 1.29 is 23.5 Å². The van der Waals surface area contributed by atoms with Gasteiger partial charge in [-0.2, -0.15) is 0 Å². The number of piperazine rings is 1. The quantitative estimate of drug-likeness (QED) is 0.829. The number of nitrogens with one attached hydrogen (secondary N) is 1. The zero-order valence-corrected chi connectivity index (χ0v) is 14.9. The largest absolute Gasteiger partial charge is 0.469 e. The first-order valence-corrected chi connectivity index (χ1v) is 8.46. The maximum absolute atomic E-state index is 12.9. The van der Waals surface area contributed by atoms with Crippen molar-refractivity contribution in [2.24, 2.45) is 0 Å². The first kappa shape index (κ1) is 17.9. The molecule has 0 radical (unpaired) electrons. The second kappa shape index (κ2) is 7.15. The van der Waals surface area contributed by atoms with Crippen molar-refractivity contribution in [3.05, 3.63) is 29.7 Å². The van der Waals surface area contributed by atoms with E-state index in [0.29, 0.717) is 35.6 Å². The third-order valence-corrected chi connectivity index (χ3v) is 4.32. The van der Waals surface area contributed by atoms with Crippen LogP contribution in [-0.4, -0.2) is 53.9 Å². The molecule has 8 heteroatoms. The van der Waals surface area contributed by atoms with Crippen LogP contribution in [0.4, 0.5) is 0 Å². The Hall–Kier alpha value is -2.90. The van der Waals surface area contributed by atoms with Gasteiger partial charge < -0.3 is 19.4 Å². The van der Waals surface area contributed by atoms with E-state index in [1.807, 2.05) is 13.8 Å². The van der Waals surface area contributed by atoms with Crippen LogP contribution in [0.1, 0.15) is 42.4 Å². The van der Waals surface area contributed by atoms with Crippen molar-refractivity contribution in [1.82, 2.24) is 15.2 Å². The van der Waals surface area contributed by atoms with Crippen molar-refractivity contribution in [2.45, 2.75) is 32.2 Å². The van der Waals surface area contributed by atoms with Crippen LogP contribution in [0, 0.1) is 0 Å². The first-order chi connectivity index (χ1) is 12.4. The van der Waals surface area contributed by atoms with Crippen molar-refractivity contribution >= 4 is 28.9 Å². The van der Waals surface area contributed by atoms with Crippen molar-refractivity contribution in [2.75, 3.05) is 20.2 Å². The highest BCUT2D eigenvalue weighted by atomic mass is 16.5. The number of nitrogens with zero attached hydrogens (tertiary/aromatic N) is 2. The molecule has 0 bridgehead atoms. The summed E-state index contributed by atoms with van der Waals surface area (Å²) in [6, 6.07) is 4.10. The van der Waals surface area contributed by atoms with Gasteiger partial charge in [-0.1, -0.05) is 13.8 Å². The molecule has 1 aliphatic rings. The van der Waals surface area contributed by atoms with E-state index in [0.717, 1.165) is 0 Å². The van der Waals surface area contributed by atoms with Gasteiger partial charge >= 0.3 is 5.97 Å². The topological polar surface area (TPSA) is 102 Å². The summed E-state index contributed by atoms with van der Waals surface area (Å²) in [5.41, 5.74) is 1.59. The van der Waals surface area contributed by atoms with Crippen LogP contribution in [0.5, 0.6) is 0 Å². The maximum atomic E-state index is 12.9. The standard InChI is InChI=1S/C18H21N3O5/c1-10(2)17-20-12-8-11(4-5-14(12)26-17)18(24)21-7-6-19-16(23)13(21)9-15(22)25-3/h4-5,8,10,13H,6-7,9H2,1-3H3,(H,19,23)/t13-/m1/s1. The van der Waals surface area contributed by atoms with Gasteiger partial charge in [0.1, 0.15) is 11.6 Å². The highest BCUT2D eigenvalue weighted by Gasteiger charge is 2.35. The van der Waals surface area contributed by atoms with E-state index < -0.39 is 12.0 Å². The Balaban J connectivity index is 1.89. The highest BCUT2D eigenvalue weighted by Crippen LogP contribution is 2.23. The van der Waals surface area contributed by atoms with Gasteiger partial charge in [-0.3, -0.25) is 14.4 Å². The van der Waals surface area contributed by atoms with Crippen molar-refractivity contribution in [3.63, 3.8) is 0 Å². The van der Waals surface area contributed by atoms with E-state index in [1.165, 1.54) is 12.0 Å². The number of hydrogen-bond acceptors (Lipinski definition) is 6. The minimum absolute atomic E-state index is 0.136. The molecule has 8 nitrogen and oxygen atoms in total. The fraction of sp³-hybridized carbons (Fsp3) is 0.444. The Kier molecular flexibility index (Phi) is 4.92. The third-order valence-electron chi connectivity index (χ3n) is 4.32. The summed E-state index contributed by atoms with van der Waals surface area (Å²) in [7, 11) is 1.25. The minimum Gasteiger partial charge on any atom is -0.469 e. The van der Waals surface area contributed by atoms with Crippen molar-refractivity contribution in [1.29, 1.82) is 0 Å². The zero-order chi connectivity index (χ0) is 18.8. The summed E-state index contributed by atoms with van der Waals surface area (Å²) in [6.45, 7) is 4.60. The fourth-order valence-corrected chi connectivity index (χ4v) is 2.89. The molecule has 2 amide bonds. The van der Waals surface area contributed by atoms with Crippen LogP contribution >= 0.6 is 0 Å². The monoisotopic (exact) mass is 359 g/mol. The van der Waals surface area contributed by atoms with E-state index >= 15 is 0 Å². The minimum atomic E-state index is -0.886. The Labute approximate surface area is 150 Å². The average molecular weight is 359 g/mol. The number of benzene rings is 1. The Morgan fingerprint density at radius 1 is 1.42 bits per heavy atom. The number of oxazole rings is 1. The number of methoxy groups -OCH3 is 1. The number of hydrogen-bond donors (Lipinski definition) is 1. The molecule has 1 aliphatic heterocycles. The molecule has 2 heterocycles. The van der Waals surface area contributed by atoms with Gasteiger partial charge in [0.25, 0.3) is 5.91 Å². The molecule has 1 N–H and O–H groups in total. The second-order valence-electron chi connectivity index (χ2n) is 6.47. The molecule has 1 saturated heterocycles. The van der Waals surface area contributed by atoms with Gasteiger partial charge in [-0.25, -0.2) is 4.98 Å². The van der Waals surface area contributed by atoms with E-state index in [1.54, 1.807) is 18.2 Å². The number of fused-ring (bicyclic) bond motifs is 1. The Morgan fingerprint density at radius 2 is 2.19 bits per heavy atom. The lowest BCUT2D eigenvalue weighted by molar-refractivity contribution is -0.145. The molecule has 0 unspecified atom stereocenters. The smallest absolute Gasteiger partial charge is 0.308 e. The summed E-state index contributed by atoms with van der Waals surface area (Å²) in [6.07, 6.45) is -0.183. The average Bonchev–Trinajstić information content (AvgIpc) is 3.06. The highest BCUT2D eigenvalue weighted by molar-refractivity contribution is 6.01. The van der Waals surface area contributed by atoms with Crippen LogP contribution in [0.3, 0.4) is 0 Å². The van der Waals surface area contributed by atoms with Crippen LogP contribution < -0.4 is 5.32 Å². The van der Waals surface area contributed by atoms with Gasteiger partial charge in [0, 0.05) is 24.6 Å². The number of carbonyl (C=O) groups excluding carboxylic acids is 3. The molecular weight excluding hydrogens is 338 g/mol. The lowest BCUT2D eigenvalue weighted by Gasteiger charge is -2.34. The molecule has 2 aromatic rings. The van der Waals surface area contributed by atoms with E-state index in [9.17, 15) is 14.4 Å². The zero-order valence-electron chi connectivity index (χ0n) is 14.9. The summed E-state index contributed by atoms with van der Waals surface area (Å²) in [5, 5.41) is 2.68. The predicted octanol–water partition coefficient (Wildman–Crippen LogP) is 1.45. The molecule has 1 atom stereocenters. The van der Waals surface area contributed by atoms with Crippen molar-refractivity contribution in [3.8, 4) is 0 Å².